The lowest BCUT2D eigenvalue weighted by molar-refractivity contribution is 0.0580. The smallest absolute Gasteiger partial charge is 0.260 e. The molecule has 0 N–H and O–H groups in total. The summed E-state index contributed by atoms with van der Waals surface area (Å²) in [7, 11) is 3.16. The van der Waals surface area contributed by atoms with E-state index in [1.165, 1.54) is 6.33 Å². The van der Waals surface area contributed by atoms with E-state index >= 15 is 0 Å². The molecule has 1 aromatic carbocycles. The summed E-state index contributed by atoms with van der Waals surface area (Å²) in [6, 6.07) is 9.34. The normalized spacial score (nSPS) is 14.9. The van der Waals surface area contributed by atoms with Gasteiger partial charge in [0.1, 0.15) is 18.1 Å². The molecule has 0 saturated carbocycles. The molecule has 1 aromatic heterocycles. The molecule has 0 unspecified atom stereocenters. The van der Waals surface area contributed by atoms with Crippen LogP contribution in [0.4, 0.5) is 0 Å². The van der Waals surface area contributed by atoms with Gasteiger partial charge in [-0.25, -0.2) is 4.98 Å². The molecule has 1 saturated heterocycles. The molecule has 2 aromatic rings. The van der Waals surface area contributed by atoms with Crippen molar-refractivity contribution in [1.82, 2.24) is 14.9 Å². The second-order valence-electron chi connectivity index (χ2n) is 6.07. The highest BCUT2D eigenvalue weighted by Gasteiger charge is 2.26. The van der Waals surface area contributed by atoms with Crippen molar-refractivity contribution in [2.45, 2.75) is 25.6 Å². The average Bonchev–Trinajstić information content (AvgIpc) is 2.69. The topological polar surface area (TPSA) is 73.8 Å². The highest BCUT2D eigenvalue weighted by Crippen LogP contribution is 2.30. The molecule has 1 amide bonds. The van der Waals surface area contributed by atoms with Crippen LogP contribution in [0.1, 0.15) is 28.9 Å². The number of nitrogens with zero attached hydrogens (tertiary/aromatic N) is 3. The molecule has 0 aliphatic carbocycles. The number of benzene rings is 1. The second-order valence-corrected chi connectivity index (χ2v) is 6.07. The van der Waals surface area contributed by atoms with Gasteiger partial charge in [-0.1, -0.05) is 18.2 Å². The van der Waals surface area contributed by atoms with E-state index in [9.17, 15) is 4.79 Å². The van der Waals surface area contributed by atoms with Crippen LogP contribution in [0.25, 0.3) is 0 Å². The third-order valence-corrected chi connectivity index (χ3v) is 4.36. The summed E-state index contributed by atoms with van der Waals surface area (Å²) in [5.74, 6) is 0.977. The van der Waals surface area contributed by atoms with Gasteiger partial charge in [-0.05, 0) is 12.1 Å². The molecule has 3 rings (SSSR count). The molecule has 0 bridgehead atoms. The third kappa shape index (κ3) is 4.11. The monoisotopic (exact) mass is 357 g/mol. The van der Waals surface area contributed by atoms with E-state index in [4.69, 9.17) is 14.2 Å². The Balaban J connectivity index is 1.61. The summed E-state index contributed by atoms with van der Waals surface area (Å²) in [4.78, 5) is 22.7. The Morgan fingerprint density at radius 2 is 1.88 bits per heavy atom. The van der Waals surface area contributed by atoms with Crippen molar-refractivity contribution in [2.24, 2.45) is 0 Å². The number of carbonyl (C=O) groups excluding carboxylic acids is 1. The van der Waals surface area contributed by atoms with E-state index in [1.807, 2.05) is 35.2 Å². The van der Waals surface area contributed by atoms with Crippen LogP contribution in [0.5, 0.6) is 11.6 Å². The van der Waals surface area contributed by atoms with Gasteiger partial charge in [0.15, 0.2) is 0 Å². The van der Waals surface area contributed by atoms with Crippen molar-refractivity contribution in [3.05, 3.63) is 47.9 Å². The van der Waals surface area contributed by atoms with Crippen molar-refractivity contribution >= 4 is 5.91 Å². The standard InChI is InChI=1S/C19H23N3O4/c1-24-12-16-17(25-2)18(21-13-20-16)26-15-8-10-22(11-9-15)19(23)14-6-4-3-5-7-14/h3-7,13,15H,8-12H2,1-2H3. The summed E-state index contributed by atoms with van der Waals surface area (Å²) in [5, 5.41) is 0. The Morgan fingerprint density at radius 3 is 2.54 bits per heavy atom. The molecule has 0 radical (unpaired) electrons. The fraction of sp³-hybridized carbons (Fsp3) is 0.421. The van der Waals surface area contributed by atoms with Gasteiger partial charge in [0.2, 0.25) is 5.75 Å². The third-order valence-electron chi connectivity index (χ3n) is 4.36. The van der Waals surface area contributed by atoms with E-state index in [-0.39, 0.29) is 12.0 Å². The maximum Gasteiger partial charge on any atom is 0.260 e. The molecule has 1 fully saturated rings. The molecule has 1 aliphatic rings. The average molecular weight is 357 g/mol. The lowest BCUT2D eigenvalue weighted by Crippen LogP contribution is -2.41. The van der Waals surface area contributed by atoms with Crippen molar-refractivity contribution < 1.29 is 19.0 Å². The van der Waals surface area contributed by atoms with Crippen LogP contribution >= 0.6 is 0 Å². The first-order valence-corrected chi connectivity index (χ1v) is 8.60. The molecule has 0 atom stereocenters. The number of carbonyl (C=O) groups is 1. The van der Waals surface area contributed by atoms with Gasteiger partial charge in [0, 0.05) is 38.6 Å². The maximum atomic E-state index is 12.5. The SMILES string of the molecule is COCc1ncnc(OC2CCN(C(=O)c3ccccc3)CC2)c1OC. The number of methoxy groups -OCH3 is 2. The predicted molar refractivity (Wildman–Crippen MR) is 95.3 cm³/mol. The number of rotatable bonds is 6. The van der Waals surface area contributed by atoms with Crippen LogP contribution in [-0.4, -0.2) is 54.2 Å². The van der Waals surface area contributed by atoms with Crippen LogP contribution in [0, 0.1) is 0 Å². The minimum atomic E-state index is -0.0194. The van der Waals surface area contributed by atoms with Crippen molar-refractivity contribution in [3.8, 4) is 11.6 Å². The Kier molecular flexibility index (Phi) is 6.01. The quantitative estimate of drug-likeness (QED) is 0.790. The van der Waals surface area contributed by atoms with E-state index in [1.54, 1.807) is 14.2 Å². The fourth-order valence-corrected chi connectivity index (χ4v) is 3.02. The first-order chi connectivity index (χ1) is 12.7. The number of amides is 1. The Morgan fingerprint density at radius 1 is 1.15 bits per heavy atom. The molecule has 138 valence electrons. The number of piperidine rings is 1. The van der Waals surface area contributed by atoms with Crippen molar-refractivity contribution in [3.63, 3.8) is 0 Å². The summed E-state index contributed by atoms with van der Waals surface area (Å²) in [5.41, 5.74) is 1.37. The fourth-order valence-electron chi connectivity index (χ4n) is 3.02. The molecule has 1 aliphatic heterocycles. The highest BCUT2D eigenvalue weighted by molar-refractivity contribution is 5.94. The van der Waals surface area contributed by atoms with Gasteiger partial charge in [0.05, 0.1) is 13.7 Å². The van der Waals surface area contributed by atoms with Crippen LogP contribution in [0.3, 0.4) is 0 Å². The van der Waals surface area contributed by atoms with E-state index in [0.717, 1.165) is 12.8 Å². The highest BCUT2D eigenvalue weighted by atomic mass is 16.5. The van der Waals surface area contributed by atoms with Gasteiger partial charge in [0.25, 0.3) is 11.8 Å². The van der Waals surface area contributed by atoms with Crippen LogP contribution in [0.15, 0.2) is 36.7 Å². The number of likely N-dealkylation sites (tertiary alicyclic amines) is 1. The Labute approximate surface area is 152 Å². The molecule has 26 heavy (non-hydrogen) atoms. The van der Waals surface area contributed by atoms with Gasteiger partial charge < -0.3 is 19.1 Å². The molecule has 7 heteroatoms. The van der Waals surface area contributed by atoms with E-state index < -0.39 is 0 Å². The zero-order valence-corrected chi connectivity index (χ0v) is 15.1. The Bertz CT molecular complexity index is 731. The molecular formula is C19H23N3O4. The van der Waals surface area contributed by atoms with Gasteiger partial charge in [-0.15, -0.1) is 0 Å². The molecule has 0 spiro atoms. The second kappa shape index (κ2) is 8.62. The summed E-state index contributed by atoms with van der Waals surface area (Å²) in [6.45, 7) is 1.62. The van der Waals surface area contributed by atoms with Gasteiger partial charge in [-0.2, -0.15) is 4.98 Å². The number of aromatic nitrogens is 2. The minimum Gasteiger partial charge on any atom is -0.490 e. The zero-order valence-electron chi connectivity index (χ0n) is 15.1. The lowest BCUT2D eigenvalue weighted by atomic mass is 10.1. The lowest BCUT2D eigenvalue weighted by Gasteiger charge is -2.32. The first-order valence-electron chi connectivity index (χ1n) is 8.60. The van der Waals surface area contributed by atoms with Gasteiger partial charge in [-0.3, -0.25) is 4.79 Å². The van der Waals surface area contributed by atoms with Crippen LogP contribution in [-0.2, 0) is 11.3 Å². The number of hydrogen-bond donors (Lipinski definition) is 0. The molecular weight excluding hydrogens is 334 g/mol. The minimum absolute atomic E-state index is 0.0194. The maximum absolute atomic E-state index is 12.5. The summed E-state index contributed by atoms with van der Waals surface area (Å²) in [6.07, 6.45) is 2.91. The van der Waals surface area contributed by atoms with E-state index in [2.05, 4.69) is 9.97 Å². The summed E-state index contributed by atoms with van der Waals surface area (Å²) < 4.78 is 16.5. The molecule has 7 nitrogen and oxygen atoms in total. The number of ether oxygens (including phenoxy) is 3. The van der Waals surface area contributed by atoms with Gasteiger partial charge >= 0.3 is 0 Å². The number of hydrogen-bond acceptors (Lipinski definition) is 6. The van der Waals surface area contributed by atoms with Crippen LogP contribution < -0.4 is 9.47 Å². The van der Waals surface area contributed by atoms with E-state index in [0.29, 0.717) is 42.6 Å². The summed E-state index contributed by atoms with van der Waals surface area (Å²) >= 11 is 0. The first kappa shape index (κ1) is 18.1. The van der Waals surface area contributed by atoms with Crippen molar-refractivity contribution in [1.29, 1.82) is 0 Å². The largest absolute Gasteiger partial charge is 0.490 e. The van der Waals surface area contributed by atoms with Crippen LogP contribution in [0.2, 0.25) is 0 Å². The predicted octanol–water partition coefficient (Wildman–Crippen LogP) is 2.32. The van der Waals surface area contributed by atoms with Crippen molar-refractivity contribution in [2.75, 3.05) is 27.3 Å². The Hall–Kier alpha value is -2.67. The molecule has 2 heterocycles. The zero-order chi connectivity index (χ0) is 18.4.